The smallest absolute Gasteiger partial charge is 0.171 e. The molecule has 0 radical (unpaired) electrons. The molecule has 4 heteroatoms. The maximum atomic E-state index is 16.9. The van der Waals surface area contributed by atoms with Crippen molar-refractivity contribution < 1.29 is 9.13 Å². The van der Waals surface area contributed by atoms with Crippen molar-refractivity contribution in [3.05, 3.63) is 243 Å². The first-order valence-corrected chi connectivity index (χ1v) is 23.6. The van der Waals surface area contributed by atoms with Crippen molar-refractivity contribution in [1.82, 2.24) is 0 Å². The molecule has 0 aromatic heterocycles. The average molecular weight is 807 g/mol. The zero-order chi connectivity index (χ0) is 40.5. The van der Waals surface area contributed by atoms with Gasteiger partial charge in [-0.05, 0) is 55.9 Å². The van der Waals surface area contributed by atoms with Gasteiger partial charge in [0, 0.05) is 43.0 Å². The molecule has 0 N–H and O–H groups in total. The third kappa shape index (κ3) is 6.29. The molecule has 0 heterocycles. The summed E-state index contributed by atoms with van der Waals surface area (Å²) in [5, 5.41) is 8.25. The molecule has 0 amide bonds. The average Bonchev–Trinajstić information content (AvgIpc) is 3.34. The van der Waals surface area contributed by atoms with Crippen molar-refractivity contribution >= 4 is 67.7 Å². The minimum atomic E-state index is -3.62. The van der Waals surface area contributed by atoms with Gasteiger partial charge in [0.05, 0.1) is 0 Å². The number of fused-ring (bicyclic) bond motifs is 2. The van der Waals surface area contributed by atoms with Gasteiger partial charge in [-0.25, -0.2) is 0 Å². The summed E-state index contributed by atoms with van der Waals surface area (Å²) >= 11 is 0. The second-order valence-corrected chi connectivity index (χ2v) is 20.5. The Morgan fingerprint density at radius 3 is 0.817 bits per heavy atom. The molecule has 0 atom stereocenters. The van der Waals surface area contributed by atoms with E-state index in [1.165, 1.54) is 0 Å². The van der Waals surface area contributed by atoms with Crippen LogP contribution < -0.4 is 31.8 Å². The lowest BCUT2D eigenvalue weighted by molar-refractivity contribution is 0.591. The fourth-order valence-electron chi connectivity index (χ4n) is 8.89. The molecule has 0 bridgehead atoms. The van der Waals surface area contributed by atoms with Crippen LogP contribution in [0.5, 0.6) is 0 Å². The van der Waals surface area contributed by atoms with E-state index in [1.54, 1.807) is 0 Å². The maximum Gasteiger partial charge on any atom is 0.171 e. The highest BCUT2D eigenvalue weighted by molar-refractivity contribution is 7.86. The zero-order valence-electron chi connectivity index (χ0n) is 32.8. The molecule has 0 aliphatic rings. The van der Waals surface area contributed by atoms with Crippen molar-refractivity contribution in [2.75, 3.05) is 0 Å². The molecular weight excluding hydrogens is 767 g/mol. The summed E-state index contributed by atoms with van der Waals surface area (Å²) in [6.07, 6.45) is 0. The highest BCUT2D eigenvalue weighted by Gasteiger charge is 2.38. The zero-order valence-corrected chi connectivity index (χ0v) is 34.6. The fraction of sp³-hybridized carbons (Fsp3) is 0. The summed E-state index contributed by atoms with van der Waals surface area (Å²) in [6, 6.07) is 81.6. The van der Waals surface area contributed by atoms with Crippen LogP contribution in [0, 0.1) is 0 Å². The Hall–Kier alpha value is -6.82. The lowest BCUT2D eigenvalue weighted by Crippen LogP contribution is -2.30. The third-order valence-electron chi connectivity index (χ3n) is 11.7. The lowest BCUT2D eigenvalue weighted by atomic mass is 9.89. The van der Waals surface area contributed by atoms with Gasteiger partial charge in [-0.15, -0.1) is 0 Å². The predicted molar refractivity (Wildman–Crippen MR) is 257 cm³/mol. The topological polar surface area (TPSA) is 34.1 Å². The van der Waals surface area contributed by atoms with Gasteiger partial charge in [0.2, 0.25) is 0 Å². The number of hydrogen-bond donors (Lipinski definition) is 0. The summed E-state index contributed by atoms with van der Waals surface area (Å²) in [7, 11) is -7.25. The molecule has 0 unspecified atom stereocenters. The molecule has 0 fully saturated rings. The third-order valence-corrected chi connectivity index (χ3v) is 17.9. The van der Waals surface area contributed by atoms with Gasteiger partial charge in [-0.3, -0.25) is 0 Å². The van der Waals surface area contributed by atoms with Gasteiger partial charge in [0.15, 0.2) is 14.3 Å². The van der Waals surface area contributed by atoms with E-state index in [0.29, 0.717) is 10.6 Å². The molecule has 2 nitrogen and oxygen atoms in total. The molecule has 0 aliphatic carbocycles. The Kier molecular flexibility index (Phi) is 9.83. The standard InChI is InChI=1S/C56H40O2P2/c57-59(43-25-11-3-12-26-43,44-27-13-4-14-28-44)53-39-37-49-47(41-21-7-1-8-22-41)33-19-35-51(49)55(53)56-52-36-20-34-48(42-23-9-2-10-24-42)50(52)38-40-54(56)60(58,45-29-15-5-16-30-45)46-31-17-6-18-32-46/h1-40H. The van der Waals surface area contributed by atoms with E-state index in [9.17, 15) is 0 Å². The fourth-order valence-corrected chi connectivity index (χ4v) is 14.6. The van der Waals surface area contributed by atoms with Gasteiger partial charge < -0.3 is 9.13 Å². The second kappa shape index (κ2) is 15.7. The summed E-state index contributed by atoms with van der Waals surface area (Å²) in [5.41, 5.74) is 5.94. The Bertz CT molecular complexity index is 2920. The van der Waals surface area contributed by atoms with Gasteiger partial charge >= 0.3 is 0 Å². The lowest BCUT2D eigenvalue weighted by Gasteiger charge is -2.29. The van der Waals surface area contributed by atoms with E-state index in [-0.39, 0.29) is 0 Å². The van der Waals surface area contributed by atoms with Crippen LogP contribution in [0.1, 0.15) is 0 Å². The SMILES string of the molecule is O=P(c1ccccc1)(c1ccccc1)c1ccc2c(-c3ccccc3)cccc2c1-c1c(P(=O)(c2ccccc2)c2ccccc2)ccc2c(-c3ccccc3)cccc12. The van der Waals surface area contributed by atoms with Crippen LogP contribution in [0.3, 0.4) is 0 Å². The molecule has 0 saturated carbocycles. The Labute approximate surface area is 351 Å². The monoisotopic (exact) mass is 806 g/mol. The van der Waals surface area contributed by atoms with Crippen molar-refractivity contribution in [3.63, 3.8) is 0 Å². The Morgan fingerprint density at radius 1 is 0.233 bits per heavy atom. The van der Waals surface area contributed by atoms with Gasteiger partial charge in [0.1, 0.15) is 0 Å². The first-order valence-electron chi connectivity index (χ1n) is 20.2. The minimum Gasteiger partial charge on any atom is -0.309 e. The second-order valence-electron chi connectivity index (χ2n) is 15.0. The largest absolute Gasteiger partial charge is 0.309 e. The maximum absolute atomic E-state index is 16.9. The van der Waals surface area contributed by atoms with E-state index >= 15 is 9.13 Å². The van der Waals surface area contributed by atoms with Crippen LogP contribution in [0.15, 0.2) is 243 Å². The van der Waals surface area contributed by atoms with Crippen LogP contribution >= 0.6 is 14.3 Å². The number of hydrogen-bond acceptors (Lipinski definition) is 2. The van der Waals surface area contributed by atoms with E-state index in [4.69, 9.17) is 0 Å². The molecule has 10 rings (SSSR count). The van der Waals surface area contributed by atoms with Gasteiger partial charge in [-0.2, -0.15) is 0 Å². The first-order chi connectivity index (χ1) is 29.6. The van der Waals surface area contributed by atoms with Gasteiger partial charge in [-0.1, -0.05) is 231 Å². The Morgan fingerprint density at radius 2 is 0.517 bits per heavy atom. The van der Waals surface area contributed by atoms with Crippen molar-refractivity contribution in [2.24, 2.45) is 0 Å². The molecule has 286 valence electrons. The number of benzene rings is 10. The van der Waals surface area contributed by atoms with E-state index in [1.807, 2.05) is 133 Å². The van der Waals surface area contributed by atoms with Crippen LogP contribution in [0.2, 0.25) is 0 Å². The molecule has 60 heavy (non-hydrogen) atoms. The molecule has 0 saturated heterocycles. The number of rotatable bonds is 9. The molecule has 0 spiro atoms. The Balaban J connectivity index is 1.45. The quantitative estimate of drug-likeness (QED) is 0.136. The summed E-state index contributed by atoms with van der Waals surface area (Å²) < 4.78 is 33.7. The van der Waals surface area contributed by atoms with Crippen molar-refractivity contribution in [3.8, 4) is 33.4 Å². The van der Waals surface area contributed by atoms with E-state index in [2.05, 4.69) is 109 Å². The van der Waals surface area contributed by atoms with E-state index in [0.717, 1.165) is 76.1 Å². The van der Waals surface area contributed by atoms with Gasteiger partial charge in [0.25, 0.3) is 0 Å². The summed E-state index contributed by atoms with van der Waals surface area (Å²) in [5.74, 6) is 0. The summed E-state index contributed by atoms with van der Waals surface area (Å²) in [6.45, 7) is 0. The normalized spacial score (nSPS) is 11.8. The molecule has 0 aliphatic heterocycles. The summed E-state index contributed by atoms with van der Waals surface area (Å²) in [4.78, 5) is 0. The van der Waals surface area contributed by atoms with Crippen LogP contribution in [-0.2, 0) is 9.13 Å². The van der Waals surface area contributed by atoms with E-state index < -0.39 is 14.3 Å². The highest BCUT2D eigenvalue weighted by Crippen LogP contribution is 2.52. The van der Waals surface area contributed by atoms with Crippen LogP contribution in [-0.4, -0.2) is 0 Å². The van der Waals surface area contributed by atoms with Crippen molar-refractivity contribution in [2.45, 2.75) is 0 Å². The first kappa shape index (κ1) is 37.5. The highest BCUT2D eigenvalue weighted by atomic mass is 31.2. The minimum absolute atomic E-state index is 0.698. The predicted octanol–water partition coefficient (Wildman–Crippen LogP) is 12.3. The van der Waals surface area contributed by atoms with Crippen LogP contribution in [0.4, 0.5) is 0 Å². The van der Waals surface area contributed by atoms with Crippen molar-refractivity contribution in [1.29, 1.82) is 0 Å². The van der Waals surface area contributed by atoms with Crippen LogP contribution in [0.25, 0.3) is 54.9 Å². The molecular formula is C56H40O2P2. The molecule has 10 aromatic rings. The molecule has 10 aromatic carbocycles.